The molecule has 2 aromatic carbocycles. The Morgan fingerprint density at radius 2 is 1.41 bits per heavy atom. The van der Waals surface area contributed by atoms with Gasteiger partial charge in [-0.1, -0.05) is 104 Å². The van der Waals surface area contributed by atoms with Crippen LogP contribution in [-0.4, -0.2) is 25.1 Å². The number of hydrogen-bond donors (Lipinski definition) is 0. The van der Waals surface area contributed by atoms with E-state index in [9.17, 15) is 0 Å². The molecule has 140 valence electrons. The summed E-state index contributed by atoms with van der Waals surface area (Å²) >= 11 is 0. The summed E-state index contributed by atoms with van der Waals surface area (Å²) in [5.74, 6) is 0. The monoisotopic (exact) mass is 373 g/mol. The highest BCUT2D eigenvalue weighted by atomic mass is 28.3. The number of benzene rings is 2. The second kappa shape index (κ2) is 8.00. The first kappa shape index (κ1) is 18.5. The van der Waals surface area contributed by atoms with E-state index < -0.39 is 8.96 Å². The van der Waals surface area contributed by atoms with Gasteiger partial charge in [-0.15, -0.1) is 0 Å². The highest BCUT2D eigenvalue weighted by molar-refractivity contribution is 6.83. The molecule has 1 unspecified atom stereocenters. The zero-order valence-corrected chi connectivity index (χ0v) is 17.8. The lowest BCUT2D eigenvalue weighted by atomic mass is 9.92. The van der Waals surface area contributed by atoms with Crippen molar-refractivity contribution in [3.63, 3.8) is 0 Å². The zero-order valence-electron chi connectivity index (χ0n) is 16.6. The van der Waals surface area contributed by atoms with Crippen molar-refractivity contribution in [3.8, 4) is 0 Å². The molecule has 4 rings (SSSR count). The fourth-order valence-corrected chi connectivity index (χ4v) is 8.68. The minimum Gasteiger partial charge on any atom is -0.304 e. The molecule has 0 spiro atoms. The van der Waals surface area contributed by atoms with Gasteiger partial charge in [0.2, 0.25) is 0 Å². The van der Waals surface area contributed by atoms with E-state index in [1.54, 1.807) is 0 Å². The fourth-order valence-electron chi connectivity index (χ4n) is 5.04. The van der Waals surface area contributed by atoms with Gasteiger partial charge >= 0.3 is 0 Å². The van der Waals surface area contributed by atoms with E-state index >= 15 is 0 Å². The summed E-state index contributed by atoms with van der Waals surface area (Å²) < 4.78 is 2.95. The second-order valence-corrected chi connectivity index (χ2v) is 11.1. The van der Waals surface area contributed by atoms with E-state index in [0.717, 1.165) is 0 Å². The topological polar surface area (TPSA) is 3.24 Å². The predicted octanol–water partition coefficient (Wildman–Crippen LogP) is 4.43. The van der Waals surface area contributed by atoms with Crippen LogP contribution in [-0.2, 0) is 0 Å². The molecule has 2 aliphatic rings. The molecule has 2 aliphatic carbocycles. The van der Waals surface area contributed by atoms with Gasteiger partial charge in [-0.2, -0.15) is 0 Å². The normalized spacial score (nSPS) is 23.2. The van der Waals surface area contributed by atoms with Crippen LogP contribution in [0.2, 0.25) is 0 Å². The van der Waals surface area contributed by atoms with E-state index in [0.29, 0.717) is 6.04 Å². The van der Waals surface area contributed by atoms with Crippen molar-refractivity contribution in [2.75, 3.05) is 0 Å². The Hall–Kier alpha value is -1.90. The SMILES string of the molecule is CC1=CC(C)(N(C2CCCCC2)[SiH](c2ccccc2)c2ccccc2)C=C1. The van der Waals surface area contributed by atoms with Crippen LogP contribution in [0.15, 0.2) is 84.5 Å². The smallest absolute Gasteiger partial charge is 0.177 e. The third-order valence-electron chi connectivity index (χ3n) is 6.24. The Morgan fingerprint density at radius 1 is 0.852 bits per heavy atom. The van der Waals surface area contributed by atoms with Crippen molar-refractivity contribution in [2.45, 2.75) is 57.5 Å². The molecule has 1 saturated carbocycles. The number of nitrogens with zero attached hydrogens (tertiary/aromatic N) is 1. The largest absolute Gasteiger partial charge is 0.304 e. The maximum Gasteiger partial charge on any atom is 0.177 e. The van der Waals surface area contributed by atoms with Crippen LogP contribution in [0.1, 0.15) is 46.0 Å². The Balaban J connectivity index is 1.85. The average molecular weight is 374 g/mol. The summed E-state index contributed by atoms with van der Waals surface area (Å²) in [4.78, 5) is 0. The van der Waals surface area contributed by atoms with Gasteiger partial charge in [0.05, 0.1) is 5.54 Å². The van der Waals surface area contributed by atoms with Crippen molar-refractivity contribution in [2.24, 2.45) is 0 Å². The number of rotatable bonds is 5. The molecule has 0 aliphatic heterocycles. The standard InChI is InChI=1S/C25H31NSi/c1-21-18-19-25(2,20-21)26(22-12-6-3-7-13-22)27(23-14-8-4-9-15-23)24-16-10-5-11-17-24/h4-5,8-11,14-20,22,27H,3,6-7,12-13H2,1-2H3. The first-order valence-electron chi connectivity index (χ1n) is 10.4. The van der Waals surface area contributed by atoms with E-state index in [2.05, 4.69) is 97.3 Å². The minimum atomic E-state index is -1.55. The Labute approximate surface area is 166 Å². The molecule has 1 nitrogen and oxygen atoms in total. The molecule has 0 bridgehead atoms. The van der Waals surface area contributed by atoms with Crippen LogP contribution in [0, 0.1) is 0 Å². The third-order valence-corrected chi connectivity index (χ3v) is 9.80. The predicted molar refractivity (Wildman–Crippen MR) is 119 cm³/mol. The fraction of sp³-hybridized carbons (Fsp3) is 0.360. The summed E-state index contributed by atoms with van der Waals surface area (Å²) in [6.07, 6.45) is 14.1. The van der Waals surface area contributed by atoms with Gasteiger partial charge in [0.15, 0.2) is 8.96 Å². The molecule has 0 saturated heterocycles. The molecule has 0 aromatic heterocycles. The Bertz CT molecular complexity index is 765. The molecule has 0 N–H and O–H groups in total. The minimum absolute atomic E-state index is 0.0225. The van der Waals surface area contributed by atoms with Crippen LogP contribution in [0.4, 0.5) is 0 Å². The summed E-state index contributed by atoms with van der Waals surface area (Å²) in [5.41, 5.74) is 1.42. The molecular weight excluding hydrogens is 342 g/mol. The highest BCUT2D eigenvalue weighted by Gasteiger charge is 2.41. The van der Waals surface area contributed by atoms with E-state index in [1.165, 1.54) is 48.1 Å². The Morgan fingerprint density at radius 3 is 1.89 bits per heavy atom. The molecule has 2 aromatic rings. The van der Waals surface area contributed by atoms with Crippen molar-refractivity contribution < 1.29 is 0 Å². The van der Waals surface area contributed by atoms with Crippen molar-refractivity contribution in [3.05, 3.63) is 84.5 Å². The lowest BCUT2D eigenvalue weighted by Gasteiger charge is -2.48. The van der Waals surface area contributed by atoms with E-state index in [4.69, 9.17) is 0 Å². The van der Waals surface area contributed by atoms with Gasteiger partial charge in [-0.25, -0.2) is 0 Å². The average Bonchev–Trinajstić information content (AvgIpc) is 3.07. The first-order valence-corrected chi connectivity index (χ1v) is 12.1. The number of hydrogen-bond acceptors (Lipinski definition) is 1. The molecule has 0 radical (unpaired) electrons. The van der Waals surface area contributed by atoms with Crippen LogP contribution >= 0.6 is 0 Å². The molecule has 0 heterocycles. The third kappa shape index (κ3) is 3.88. The lowest BCUT2D eigenvalue weighted by Crippen LogP contribution is -2.66. The van der Waals surface area contributed by atoms with Gasteiger partial charge in [0.1, 0.15) is 0 Å². The van der Waals surface area contributed by atoms with Crippen molar-refractivity contribution >= 4 is 19.3 Å². The molecule has 0 amide bonds. The summed E-state index contributed by atoms with van der Waals surface area (Å²) in [6.45, 7) is 4.67. The quantitative estimate of drug-likeness (QED) is 0.701. The van der Waals surface area contributed by atoms with Crippen molar-refractivity contribution in [1.29, 1.82) is 0 Å². The van der Waals surface area contributed by atoms with Crippen LogP contribution < -0.4 is 10.4 Å². The molecule has 1 fully saturated rings. The highest BCUT2D eigenvalue weighted by Crippen LogP contribution is 2.34. The van der Waals surface area contributed by atoms with E-state index in [-0.39, 0.29) is 5.54 Å². The van der Waals surface area contributed by atoms with Crippen molar-refractivity contribution in [1.82, 2.24) is 4.57 Å². The van der Waals surface area contributed by atoms with Gasteiger partial charge in [0, 0.05) is 6.04 Å². The molecule has 1 atom stereocenters. The molecular formula is C25H31NSi. The summed E-state index contributed by atoms with van der Waals surface area (Å²) in [5, 5.41) is 3.06. The van der Waals surface area contributed by atoms with Gasteiger partial charge < -0.3 is 4.57 Å². The molecule has 2 heteroatoms. The molecule has 27 heavy (non-hydrogen) atoms. The summed E-state index contributed by atoms with van der Waals surface area (Å²) in [6, 6.07) is 23.3. The van der Waals surface area contributed by atoms with Crippen LogP contribution in [0.3, 0.4) is 0 Å². The lowest BCUT2D eigenvalue weighted by molar-refractivity contribution is 0.195. The number of allylic oxidation sites excluding steroid dienone is 2. The first-order chi connectivity index (χ1) is 13.2. The maximum absolute atomic E-state index is 2.95. The maximum atomic E-state index is 2.95. The summed E-state index contributed by atoms with van der Waals surface area (Å²) in [7, 11) is -1.55. The van der Waals surface area contributed by atoms with Gasteiger partial charge in [-0.3, -0.25) is 0 Å². The van der Waals surface area contributed by atoms with Gasteiger partial charge in [-0.05, 0) is 37.1 Å². The van der Waals surface area contributed by atoms with Crippen LogP contribution in [0.5, 0.6) is 0 Å². The van der Waals surface area contributed by atoms with Gasteiger partial charge in [0.25, 0.3) is 0 Å². The van der Waals surface area contributed by atoms with E-state index in [1.807, 2.05) is 0 Å². The second-order valence-electron chi connectivity index (χ2n) is 8.37. The zero-order chi connectivity index (χ0) is 18.7. The van der Waals surface area contributed by atoms with Crippen LogP contribution in [0.25, 0.3) is 0 Å². The Kier molecular flexibility index (Phi) is 5.47.